The third-order valence-corrected chi connectivity index (χ3v) is 5.55. The van der Waals surface area contributed by atoms with E-state index >= 15 is 0 Å². The average Bonchev–Trinajstić information content (AvgIpc) is 2.62. The zero-order valence-electron chi connectivity index (χ0n) is 15.3. The number of piperidine rings is 2. The maximum absolute atomic E-state index is 12.4. The van der Waals surface area contributed by atoms with E-state index in [9.17, 15) is 9.90 Å². The molecule has 2 aliphatic rings. The minimum absolute atomic E-state index is 0.0695. The Bertz CT molecular complexity index is 578. The summed E-state index contributed by atoms with van der Waals surface area (Å²) in [6.45, 7) is 6.15. The third-order valence-electron chi connectivity index (χ3n) is 5.55. The number of likely N-dealkylation sites (tertiary alicyclic amines) is 2. The Balaban J connectivity index is 1.58. The van der Waals surface area contributed by atoms with Crippen molar-refractivity contribution in [2.75, 3.05) is 19.6 Å². The van der Waals surface area contributed by atoms with Crippen molar-refractivity contribution >= 4 is 6.03 Å². The van der Waals surface area contributed by atoms with Crippen molar-refractivity contribution < 1.29 is 9.90 Å². The van der Waals surface area contributed by atoms with Gasteiger partial charge >= 0.3 is 6.03 Å². The monoisotopic (exact) mass is 345 g/mol. The number of aliphatic hydroxyl groups is 1. The molecule has 2 atom stereocenters. The van der Waals surface area contributed by atoms with E-state index in [0.717, 1.165) is 32.5 Å². The fourth-order valence-corrected chi connectivity index (χ4v) is 3.92. The minimum Gasteiger partial charge on any atom is -0.391 e. The third kappa shape index (κ3) is 4.95. The quantitative estimate of drug-likeness (QED) is 0.882. The molecule has 138 valence electrons. The molecule has 25 heavy (non-hydrogen) atoms. The molecule has 2 heterocycles. The number of carbonyl (C=O) groups is 1. The molecule has 0 aromatic heterocycles. The average molecular weight is 345 g/mol. The van der Waals surface area contributed by atoms with Crippen LogP contribution in [0.4, 0.5) is 4.79 Å². The normalized spacial score (nSPS) is 25.0. The van der Waals surface area contributed by atoms with Crippen molar-refractivity contribution in [1.82, 2.24) is 15.1 Å². The summed E-state index contributed by atoms with van der Waals surface area (Å²) in [5, 5.41) is 12.8. The van der Waals surface area contributed by atoms with Crippen LogP contribution in [0.1, 0.15) is 50.2 Å². The van der Waals surface area contributed by atoms with Crippen molar-refractivity contribution in [3.05, 3.63) is 35.4 Å². The largest absolute Gasteiger partial charge is 0.391 e. The molecule has 5 heteroatoms. The first-order valence-corrected chi connectivity index (χ1v) is 9.65. The minimum atomic E-state index is -0.382. The SMILES string of the molecule is CC1CCCCN1Cc1ccccc1CNC(=O)N1CCCC(O)C1. The van der Waals surface area contributed by atoms with E-state index in [4.69, 9.17) is 0 Å². The second-order valence-electron chi connectivity index (χ2n) is 7.48. The Hall–Kier alpha value is -1.59. The van der Waals surface area contributed by atoms with Crippen LogP contribution in [0.25, 0.3) is 0 Å². The molecular formula is C20H31N3O2. The van der Waals surface area contributed by atoms with Crippen molar-refractivity contribution in [2.24, 2.45) is 0 Å². The second kappa shape index (κ2) is 8.68. The summed E-state index contributed by atoms with van der Waals surface area (Å²) in [6.07, 6.45) is 5.17. The summed E-state index contributed by atoms with van der Waals surface area (Å²) in [5.74, 6) is 0. The molecule has 2 N–H and O–H groups in total. The molecule has 2 fully saturated rings. The zero-order chi connectivity index (χ0) is 17.6. The highest BCUT2D eigenvalue weighted by atomic mass is 16.3. The van der Waals surface area contributed by atoms with Gasteiger partial charge in [0, 0.05) is 32.2 Å². The summed E-state index contributed by atoms with van der Waals surface area (Å²) >= 11 is 0. The summed E-state index contributed by atoms with van der Waals surface area (Å²) in [5.41, 5.74) is 2.49. The molecule has 2 aliphatic heterocycles. The zero-order valence-corrected chi connectivity index (χ0v) is 15.3. The van der Waals surface area contributed by atoms with E-state index in [-0.39, 0.29) is 12.1 Å². The van der Waals surface area contributed by atoms with Crippen LogP contribution < -0.4 is 5.32 Å². The molecule has 2 amide bonds. The lowest BCUT2D eigenvalue weighted by Gasteiger charge is -2.34. The highest BCUT2D eigenvalue weighted by molar-refractivity contribution is 5.74. The number of hydrogen-bond donors (Lipinski definition) is 2. The molecule has 1 aromatic rings. The van der Waals surface area contributed by atoms with E-state index in [1.165, 1.54) is 30.4 Å². The molecule has 2 unspecified atom stereocenters. The molecule has 5 nitrogen and oxygen atoms in total. The lowest BCUT2D eigenvalue weighted by molar-refractivity contribution is 0.0841. The predicted octanol–water partition coefficient (Wildman–Crippen LogP) is 2.73. The van der Waals surface area contributed by atoms with Crippen LogP contribution in [0.15, 0.2) is 24.3 Å². The molecular weight excluding hydrogens is 314 g/mol. The fraction of sp³-hybridized carbons (Fsp3) is 0.650. The number of nitrogens with zero attached hydrogens (tertiary/aromatic N) is 2. The molecule has 0 radical (unpaired) electrons. The van der Waals surface area contributed by atoms with Crippen LogP contribution in [0, 0.1) is 0 Å². The molecule has 0 aliphatic carbocycles. The van der Waals surface area contributed by atoms with Gasteiger partial charge in [-0.2, -0.15) is 0 Å². The summed E-state index contributed by atoms with van der Waals surface area (Å²) in [4.78, 5) is 16.6. The van der Waals surface area contributed by atoms with Gasteiger partial charge in [-0.15, -0.1) is 0 Å². The van der Waals surface area contributed by atoms with Crippen molar-refractivity contribution in [1.29, 1.82) is 0 Å². The van der Waals surface area contributed by atoms with Gasteiger partial charge in [0.2, 0.25) is 0 Å². The number of nitrogens with one attached hydrogen (secondary N) is 1. The van der Waals surface area contributed by atoms with Gasteiger partial charge in [0.25, 0.3) is 0 Å². The predicted molar refractivity (Wildman–Crippen MR) is 99.2 cm³/mol. The summed E-state index contributed by atoms with van der Waals surface area (Å²) < 4.78 is 0. The fourth-order valence-electron chi connectivity index (χ4n) is 3.92. The number of aliphatic hydroxyl groups excluding tert-OH is 1. The van der Waals surface area contributed by atoms with Gasteiger partial charge < -0.3 is 15.3 Å². The van der Waals surface area contributed by atoms with Gasteiger partial charge in [0.15, 0.2) is 0 Å². The van der Waals surface area contributed by atoms with Crippen LogP contribution in [0.3, 0.4) is 0 Å². The Kier molecular flexibility index (Phi) is 6.32. The van der Waals surface area contributed by atoms with Gasteiger partial charge in [0.05, 0.1) is 6.10 Å². The lowest BCUT2D eigenvalue weighted by Crippen LogP contribution is -2.47. The Labute approximate surface area is 151 Å². The number of urea groups is 1. The first-order valence-electron chi connectivity index (χ1n) is 9.65. The number of amides is 2. The summed E-state index contributed by atoms with van der Waals surface area (Å²) in [6, 6.07) is 8.96. The van der Waals surface area contributed by atoms with Crippen molar-refractivity contribution in [3.8, 4) is 0 Å². The summed E-state index contributed by atoms with van der Waals surface area (Å²) in [7, 11) is 0. The highest BCUT2D eigenvalue weighted by Gasteiger charge is 2.22. The number of carbonyl (C=O) groups excluding carboxylic acids is 1. The maximum Gasteiger partial charge on any atom is 0.317 e. The number of β-amino-alcohol motifs (C(OH)–C–C–N with tert-alkyl or cyclic N) is 1. The highest BCUT2D eigenvalue weighted by Crippen LogP contribution is 2.21. The molecule has 0 spiro atoms. The Morgan fingerprint density at radius 1 is 1.16 bits per heavy atom. The number of benzene rings is 1. The lowest BCUT2D eigenvalue weighted by atomic mass is 10.0. The maximum atomic E-state index is 12.4. The van der Waals surface area contributed by atoms with Crippen LogP contribution in [0.5, 0.6) is 0 Å². The van der Waals surface area contributed by atoms with E-state index in [1.807, 2.05) is 6.07 Å². The van der Waals surface area contributed by atoms with Crippen molar-refractivity contribution in [2.45, 2.75) is 64.3 Å². The Morgan fingerprint density at radius 2 is 1.96 bits per heavy atom. The standard InChI is InChI=1S/C20H31N3O2/c1-16-7-4-5-11-22(16)14-18-9-3-2-8-17(18)13-21-20(25)23-12-6-10-19(24)15-23/h2-3,8-9,16,19,24H,4-7,10-15H2,1H3,(H,21,25). The van der Waals surface area contributed by atoms with Gasteiger partial charge in [-0.1, -0.05) is 30.7 Å². The molecule has 0 bridgehead atoms. The number of rotatable bonds is 4. The van der Waals surface area contributed by atoms with Gasteiger partial charge in [-0.25, -0.2) is 4.79 Å². The van der Waals surface area contributed by atoms with E-state index in [0.29, 0.717) is 19.1 Å². The number of hydrogen-bond acceptors (Lipinski definition) is 3. The topological polar surface area (TPSA) is 55.8 Å². The second-order valence-corrected chi connectivity index (χ2v) is 7.48. The van der Waals surface area contributed by atoms with E-state index < -0.39 is 0 Å². The van der Waals surface area contributed by atoms with Crippen LogP contribution in [-0.2, 0) is 13.1 Å². The Morgan fingerprint density at radius 3 is 2.72 bits per heavy atom. The molecule has 3 rings (SSSR count). The molecule has 0 saturated carbocycles. The molecule has 1 aromatic carbocycles. The smallest absolute Gasteiger partial charge is 0.317 e. The van der Waals surface area contributed by atoms with Crippen LogP contribution in [0.2, 0.25) is 0 Å². The first kappa shape index (κ1) is 18.2. The first-order chi connectivity index (χ1) is 12.1. The van der Waals surface area contributed by atoms with Crippen molar-refractivity contribution in [3.63, 3.8) is 0 Å². The van der Waals surface area contributed by atoms with E-state index in [1.54, 1.807) is 4.90 Å². The van der Waals surface area contributed by atoms with Gasteiger partial charge in [0.1, 0.15) is 0 Å². The van der Waals surface area contributed by atoms with Gasteiger partial charge in [-0.3, -0.25) is 4.90 Å². The molecule has 2 saturated heterocycles. The van der Waals surface area contributed by atoms with Crippen LogP contribution >= 0.6 is 0 Å². The van der Waals surface area contributed by atoms with E-state index in [2.05, 4.69) is 35.3 Å². The van der Waals surface area contributed by atoms with Gasteiger partial charge in [-0.05, 0) is 50.3 Å². The van der Waals surface area contributed by atoms with Crippen LogP contribution in [-0.4, -0.2) is 52.7 Å².